The van der Waals surface area contributed by atoms with Gasteiger partial charge < -0.3 is 14.7 Å². The van der Waals surface area contributed by atoms with Crippen molar-refractivity contribution in [3.63, 3.8) is 0 Å². The fraction of sp³-hybridized carbons (Fsp3) is 0.556. The minimum Gasteiger partial charge on any atom is -0.491 e. The lowest BCUT2D eigenvalue weighted by Gasteiger charge is -2.28. The molecule has 0 saturated carbocycles. The summed E-state index contributed by atoms with van der Waals surface area (Å²) >= 11 is 0. The molecule has 0 radical (unpaired) electrons. The van der Waals surface area contributed by atoms with Crippen molar-refractivity contribution in [2.45, 2.75) is 33.1 Å². The second-order valence-electron chi connectivity index (χ2n) is 6.71. The fourth-order valence-electron chi connectivity index (χ4n) is 3.09. The first-order chi connectivity index (χ1) is 11.8. The molecule has 1 fully saturated rings. The van der Waals surface area contributed by atoms with Crippen molar-refractivity contribution in [3.05, 3.63) is 29.8 Å². The molecular weight excluding hydrogens is 332 g/mol. The summed E-state index contributed by atoms with van der Waals surface area (Å²) in [5.74, 6) is -2.58. The Labute approximate surface area is 145 Å². The molecule has 1 aromatic rings. The second-order valence-corrected chi connectivity index (χ2v) is 6.71. The van der Waals surface area contributed by atoms with Crippen LogP contribution in [-0.2, 0) is 9.59 Å². The van der Waals surface area contributed by atoms with Crippen LogP contribution in [0.3, 0.4) is 0 Å². The number of carboxylic acids is 1. The van der Waals surface area contributed by atoms with Gasteiger partial charge in [0.1, 0.15) is 5.82 Å². The van der Waals surface area contributed by atoms with E-state index in [1.165, 1.54) is 6.07 Å². The highest BCUT2D eigenvalue weighted by Gasteiger charge is 2.48. The minimum absolute atomic E-state index is 0.0558. The third kappa shape index (κ3) is 4.27. The number of carbonyl (C=O) groups excluding carboxylic acids is 1. The number of amides is 1. The highest BCUT2D eigenvalue weighted by atomic mass is 19.1. The first-order valence-electron chi connectivity index (χ1n) is 8.35. The van der Waals surface area contributed by atoms with Gasteiger partial charge in [0.2, 0.25) is 5.91 Å². The molecule has 2 rings (SSSR count). The van der Waals surface area contributed by atoms with Gasteiger partial charge in [-0.3, -0.25) is 9.59 Å². The molecule has 1 N–H and O–H groups in total. The molecule has 5 nitrogen and oxygen atoms in total. The van der Waals surface area contributed by atoms with Gasteiger partial charge in [-0.1, -0.05) is 13.8 Å². The molecule has 138 valence electrons. The van der Waals surface area contributed by atoms with Gasteiger partial charge in [0.15, 0.2) is 11.6 Å². The smallest absolute Gasteiger partial charge is 0.311 e. The first kappa shape index (κ1) is 19.1. The van der Waals surface area contributed by atoms with Gasteiger partial charge in [-0.2, -0.15) is 0 Å². The maximum Gasteiger partial charge on any atom is 0.311 e. The molecule has 0 aliphatic carbocycles. The average molecular weight is 355 g/mol. The van der Waals surface area contributed by atoms with Gasteiger partial charge in [-0.25, -0.2) is 8.78 Å². The van der Waals surface area contributed by atoms with Crippen LogP contribution in [0.15, 0.2) is 18.2 Å². The van der Waals surface area contributed by atoms with Crippen molar-refractivity contribution in [1.29, 1.82) is 0 Å². The lowest BCUT2D eigenvalue weighted by atomic mass is 9.76. The van der Waals surface area contributed by atoms with Crippen LogP contribution in [0.5, 0.6) is 5.75 Å². The number of hydrogen-bond acceptors (Lipinski definition) is 3. The lowest BCUT2D eigenvalue weighted by Crippen LogP contribution is -2.40. The van der Waals surface area contributed by atoms with E-state index in [2.05, 4.69) is 0 Å². The Bertz CT molecular complexity index is 650. The van der Waals surface area contributed by atoms with Crippen molar-refractivity contribution in [2.75, 3.05) is 19.7 Å². The van der Waals surface area contributed by atoms with Crippen molar-refractivity contribution >= 4 is 11.9 Å². The number of likely N-dealkylation sites (tertiary alicyclic amines) is 1. The van der Waals surface area contributed by atoms with Crippen LogP contribution in [0.4, 0.5) is 8.78 Å². The van der Waals surface area contributed by atoms with E-state index < -0.39 is 23.0 Å². The van der Waals surface area contributed by atoms with Crippen LogP contribution in [0.2, 0.25) is 0 Å². The van der Waals surface area contributed by atoms with E-state index in [1.807, 2.05) is 13.8 Å². The van der Waals surface area contributed by atoms with Gasteiger partial charge >= 0.3 is 5.97 Å². The molecule has 0 bridgehead atoms. The van der Waals surface area contributed by atoms with Gasteiger partial charge in [0.05, 0.1) is 12.0 Å². The standard InChI is InChI=1S/C18H23F2NO4/c1-12(2)18(17(23)24)7-8-21(11-18)16(22)4-3-9-25-15-6-5-13(19)10-14(15)20/h5-6,10,12H,3-4,7-9,11H2,1-2H3,(H,23,24). The molecule has 1 atom stereocenters. The number of hydrogen-bond donors (Lipinski definition) is 1. The quantitative estimate of drug-likeness (QED) is 0.764. The molecule has 1 amide bonds. The van der Waals surface area contributed by atoms with Crippen molar-refractivity contribution < 1.29 is 28.2 Å². The average Bonchev–Trinajstić information content (AvgIpc) is 3.00. The topological polar surface area (TPSA) is 66.8 Å². The Morgan fingerprint density at radius 2 is 2.08 bits per heavy atom. The maximum atomic E-state index is 13.4. The number of rotatable bonds is 7. The zero-order valence-electron chi connectivity index (χ0n) is 14.4. The monoisotopic (exact) mass is 355 g/mol. The lowest BCUT2D eigenvalue weighted by molar-refractivity contribution is -0.151. The summed E-state index contributed by atoms with van der Waals surface area (Å²) < 4.78 is 31.4. The predicted molar refractivity (Wildman–Crippen MR) is 87.2 cm³/mol. The Balaban J connectivity index is 1.80. The number of carbonyl (C=O) groups is 2. The number of carboxylic acid groups (broad SMARTS) is 1. The molecule has 1 heterocycles. The van der Waals surface area contributed by atoms with Crippen molar-refractivity contribution in [2.24, 2.45) is 11.3 Å². The van der Waals surface area contributed by atoms with E-state index in [4.69, 9.17) is 4.74 Å². The third-order valence-electron chi connectivity index (χ3n) is 4.87. The van der Waals surface area contributed by atoms with Gasteiger partial charge in [-0.05, 0) is 30.9 Å². The largest absolute Gasteiger partial charge is 0.491 e. The zero-order chi connectivity index (χ0) is 18.6. The van der Waals surface area contributed by atoms with Gasteiger partial charge in [0, 0.05) is 25.6 Å². The summed E-state index contributed by atoms with van der Waals surface area (Å²) in [6.07, 6.45) is 1.01. The highest BCUT2D eigenvalue weighted by Crippen LogP contribution is 2.38. The first-order valence-corrected chi connectivity index (χ1v) is 8.35. The van der Waals surface area contributed by atoms with Crippen LogP contribution in [0, 0.1) is 23.0 Å². The molecule has 25 heavy (non-hydrogen) atoms. The summed E-state index contributed by atoms with van der Waals surface area (Å²) in [6, 6.07) is 3.05. The SMILES string of the molecule is CC(C)C1(C(=O)O)CCN(C(=O)CCCOc2ccc(F)cc2F)C1. The molecule has 1 saturated heterocycles. The Hall–Kier alpha value is -2.18. The highest BCUT2D eigenvalue weighted by molar-refractivity contribution is 5.80. The zero-order valence-corrected chi connectivity index (χ0v) is 14.4. The minimum atomic E-state index is -0.886. The Kier molecular flexibility index (Phi) is 5.98. The van der Waals surface area contributed by atoms with Crippen LogP contribution in [0.1, 0.15) is 33.1 Å². The molecule has 0 aromatic heterocycles. The van der Waals surface area contributed by atoms with Crippen LogP contribution in [-0.4, -0.2) is 41.6 Å². The normalized spacial score (nSPS) is 20.1. The van der Waals surface area contributed by atoms with E-state index in [9.17, 15) is 23.5 Å². The maximum absolute atomic E-state index is 13.4. The third-order valence-corrected chi connectivity index (χ3v) is 4.87. The Morgan fingerprint density at radius 3 is 2.64 bits per heavy atom. The van der Waals surface area contributed by atoms with Crippen molar-refractivity contribution in [1.82, 2.24) is 4.90 Å². The summed E-state index contributed by atoms with van der Waals surface area (Å²) in [7, 11) is 0. The number of aliphatic carboxylic acids is 1. The molecule has 1 aromatic carbocycles. The Morgan fingerprint density at radius 1 is 1.36 bits per heavy atom. The van der Waals surface area contributed by atoms with E-state index in [1.54, 1.807) is 4.90 Å². The fourth-order valence-corrected chi connectivity index (χ4v) is 3.09. The van der Waals surface area contributed by atoms with Crippen LogP contribution >= 0.6 is 0 Å². The number of ether oxygens (including phenoxy) is 1. The van der Waals surface area contributed by atoms with E-state index in [-0.39, 0.29) is 37.1 Å². The van der Waals surface area contributed by atoms with Crippen LogP contribution < -0.4 is 4.74 Å². The number of halogens is 2. The summed E-state index contributed by atoms with van der Waals surface area (Å²) in [5, 5.41) is 9.50. The summed E-state index contributed by atoms with van der Waals surface area (Å²) in [4.78, 5) is 25.4. The number of nitrogens with zero attached hydrogens (tertiary/aromatic N) is 1. The number of benzene rings is 1. The molecule has 0 spiro atoms. The van der Waals surface area contributed by atoms with E-state index in [0.29, 0.717) is 19.4 Å². The van der Waals surface area contributed by atoms with Crippen molar-refractivity contribution in [3.8, 4) is 5.75 Å². The van der Waals surface area contributed by atoms with Crippen LogP contribution in [0.25, 0.3) is 0 Å². The van der Waals surface area contributed by atoms with E-state index in [0.717, 1.165) is 12.1 Å². The molecule has 7 heteroatoms. The molecule has 1 unspecified atom stereocenters. The van der Waals surface area contributed by atoms with Gasteiger partial charge in [-0.15, -0.1) is 0 Å². The van der Waals surface area contributed by atoms with E-state index >= 15 is 0 Å². The molecule has 1 aliphatic heterocycles. The van der Waals surface area contributed by atoms with Gasteiger partial charge in [0.25, 0.3) is 0 Å². The molecule has 1 aliphatic rings. The summed E-state index contributed by atoms with van der Waals surface area (Å²) in [5.41, 5.74) is -0.886. The summed E-state index contributed by atoms with van der Waals surface area (Å²) in [6.45, 7) is 4.47. The molecular formula is C18H23F2NO4. The second kappa shape index (κ2) is 7.80. The predicted octanol–water partition coefficient (Wildman–Crippen LogP) is 3.08.